The summed E-state index contributed by atoms with van der Waals surface area (Å²) < 4.78 is 7.48. The van der Waals surface area contributed by atoms with Crippen LogP contribution in [-0.4, -0.2) is 39.6 Å². The zero-order valence-electron chi connectivity index (χ0n) is 11.3. The first-order valence-corrected chi connectivity index (χ1v) is 8.08. The third-order valence-electron chi connectivity index (χ3n) is 3.46. The number of nitrogens with zero attached hydrogens (tertiary/aromatic N) is 2. The van der Waals surface area contributed by atoms with Crippen LogP contribution in [-0.2, 0) is 16.1 Å². The van der Waals surface area contributed by atoms with E-state index >= 15 is 0 Å². The van der Waals surface area contributed by atoms with Gasteiger partial charge in [0.1, 0.15) is 0 Å². The van der Waals surface area contributed by atoms with Crippen LogP contribution in [0.3, 0.4) is 0 Å². The maximum absolute atomic E-state index is 10.8. The molecule has 1 aliphatic rings. The molecule has 7 heteroatoms. The van der Waals surface area contributed by atoms with Gasteiger partial charge in [0.2, 0.25) is 0 Å². The lowest BCUT2D eigenvalue weighted by atomic mass is 10.1. The first-order chi connectivity index (χ1) is 10.1. The van der Waals surface area contributed by atoms with Crippen LogP contribution < -0.4 is 0 Å². The van der Waals surface area contributed by atoms with Crippen molar-refractivity contribution in [1.29, 1.82) is 0 Å². The van der Waals surface area contributed by atoms with Gasteiger partial charge in [-0.15, -0.1) is 0 Å². The van der Waals surface area contributed by atoms with Gasteiger partial charge in [0.05, 0.1) is 23.4 Å². The lowest BCUT2D eigenvalue weighted by Crippen LogP contribution is -2.12. The van der Waals surface area contributed by atoms with Crippen molar-refractivity contribution in [1.82, 2.24) is 9.55 Å². The SMILES string of the molecule is O=C(O)CSc1nc2ccc(Cl)cc2n1CC1CCOC1. The number of ether oxygens (including phenoxy) is 1. The maximum atomic E-state index is 10.8. The number of halogens is 1. The molecule has 1 N–H and O–H groups in total. The van der Waals surface area contributed by atoms with Crippen molar-refractivity contribution in [2.45, 2.75) is 18.1 Å². The van der Waals surface area contributed by atoms with Crippen LogP contribution in [0.15, 0.2) is 23.4 Å². The Bertz CT molecular complexity index is 668. The molecular weight excluding hydrogens is 312 g/mol. The second kappa shape index (κ2) is 6.25. The Morgan fingerprint density at radius 2 is 2.43 bits per heavy atom. The van der Waals surface area contributed by atoms with E-state index in [0.29, 0.717) is 10.9 Å². The Hall–Kier alpha value is -1.24. The summed E-state index contributed by atoms with van der Waals surface area (Å²) in [6.07, 6.45) is 1.02. The second-order valence-corrected chi connectivity index (χ2v) is 6.43. The molecule has 0 amide bonds. The molecule has 2 heterocycles. The largest absolute Gasteiger partial charge is 0.481 e. The number of thioether (sulfide) groups is 1. The minimum Gasteiger partial charge on any atom is -0.481 e. The molecule has 1 fully saturated rings. The normalized spacial score (nSPS) is 18.4. The number of imidazole rings is 1. The van der Waals surface area contributed by atoms with E-state index in [0.717, 1.165) is 42.4 Å². The molecule has 5 nitrogen and oxygen atoms in total. The number of benzene rings is 1. The average molecular weight is 327 g/mol. The predicted molar refractivity (Wildman–Crippen MR) is 82.0 cm³/mol. The van der Waals surface area contributed by atoms with E-state index in [1.807, 2.05) is 12.1 Å². The molecule has 0 aliphatic carbocycles. The molecule has 1 aromatic heterocycles. The number of fused-ring (bicyclic) bond motifs is 1. The minimum atomic E-state index is -0.846. The van der Waals surface area contributed by atoms with Crippen LogP contribution in [0.25, 0.3) is 11.0 Å². The van der Waals surface area contributed by atoms with Crippen molar-refractivity contribution >= 4 is 40.4 Å². The van der Waals surface area contributed by atoms with Crippen molar-refractivity contribution in [3.8, 4) is 0 Å². The molecule has 0 spiro atoms. The molecule has 1 unspecified atom stereocenters. The van der Waals surface area contributed by atoms with Crippen LogP contribution in [0.4, 0.5) is 0 Å². The molecular formula is C14H15ClN2O3S. The molecule has 0 radical (unpaired) electrons. The van der Waals surface area contributed by atoms with Gasteiger partial charge in [0.25, 0.3) is 0 Å². The number of rotatable bonds is 5. The Morgan fingerprint density at radius 1 is 1.57 bits per heavy atom. The molecule has 3 rings (SSSR count). The molecule has 1 aromatic carbocycles. The van der Waals surface area contributed by atoms with Crippen LogP contribution in [0.5, 0.6) is 0 Å². The summed E-state index contributed by atoms with van der Waals surface area (Å²) in [7, 11) is 0. The smallest absolute Gasteiger partial charge is 0.313 e. The summed E-state index contributed by atoms with van der Waals surface area (Å²) in [6.45, 7) is 2.30. The van der Waals surface area contributed by atoms with Gasteiger partial charge in [-0.1, -0.05) is 23.4 Å². The van der Waals surface area contributed by atoms with Gasteiger partial charge in [0, 0.05) is 24.1 Å². The number of hydrogen-bond acceptors (Lipinski definition) is 4. The van der Waals surface area contributed by atoms with Crippen LogP contribution in [0.1, 0.15) is 6.42 Å². The highest BCUT2D eigenvalue weighted by atomic mass is 35.5. The zero-order valence-corrected chi connectivity index (χ0v) is 12.9. The lowest BCUT2D eigenvalue weighted by Gasteiger charge is -2.12. The number of aromatic nitrogens is 2. The Balaban J connectivity index is 1.96. The van der Waals surface area contributed by atoms with Gasteiger partial charge < -0.3 is 14.4 Å². The van der Waals surface area contributed by atoms with E-state index in [1.54, 1.807) is 6.07 Å². The van der Waals surface area contributed by atoms with E-state index in [4.69, 9.17) is 21.4 Å². The van der Waals surface area contributed by atoms with Gasteiger partial charge in [-0.2, -0.15) is 0 Å². The van der Waals surface area contributed by atoms with Crippen molar-refractivity contribution in [2.24, 2.45) is 5.92 Å². The third kappa shape index (κ3) is 3.33. The molecule has 1 saturated heterocycles. The van der Waals surface area contributed by atoms with E-state index in [1.165, 1.54) is 11.8 Å². The summed E-state index contributed by atoms with van der Waals surface area (Å²) in [5.74, 6) is -0.413. The first-order valence-electron chi connectivity index (χ1n) is 6.71. The summed E-state index contributed by atoms with van der Waals surface area (Å²) in [4.78, 5) is 15.3. The van der Waals surface area contributed by atoms with Crippen LogP contribution in [0.2, 0.25) is 5.02 Å². The molecule has 0 bridgehead atoms. The Labute approximate surface area is 131 Å². The molecule has 0 saturated carbocycles. The highest BCUT2D eigenvalue weighted by molar-refractivity contribution is 7.99. The molecule has 2 aromatic rings. The van der Waals surface area contributed by atoms with E-state index in [2.05, 4.69) is 9.55 Å². The van der Waals surface area contributed by atoms with E-state index < -0.39 is 5.97 Å². The van der Waals surface area contributed by atoms with E-state index in [-0.39, 0.29) is 5.75 Å². The zero-order chi connectivity index (χ0) is 14.8. The second-order valence-electron chi connectivity index (χ2n) is 5.05. The summed E-state index contributed by atoms with van der Waals surface area (Å²) in [6, 6.07) is 5.54. The van der Waals surface area contributed by atoms with Gasteiger partial charge >= 0.3 is 5.97 Å². The number of carboxylic acids is 1. The first kappa shape index (κ1) is 14.7. The van der Waals surface area contributed by atoms with Crippen molar-refractivity contribution in [3.05, 3.63) is 23.2 Å². The quantitative estimate of drug-likeness (QED) is 0.856. The predicted octanol–water partition coefficient (Wildman–Crippen LogP) is 2.90. The fourth-order valence-corrected chi connectivity index (χ4v) is 3.38. The topological polar surface area (TPSA) is 64.3 Å². The van der Waals surface area contributed by atoms with Gasteiger partial charge in [0.15, 0.2) is 5.16 Å². The molecule has 21 heavy (non-hydrogen) atoms. The highest BCUT2D eigenvalue weighted by Gasteiger charge is 2.20. The Kier molecular flexibility index (Phi) is 4.37. The van der Waals surface area contributed by atoms with Gasteiger partial charge in [-0.05, 0) is 24.6 Å². The van der Waals surface area contributed by atoms with Crippen LogP contribution >= 0.6 is 23.4 Å². The summed E-state index contributed by atoms with van der Waals surface area (Å²) >= 11 is 7.32. The number of carboxylic acid groups (broad SMARTS) is 1. The van der Waals surface area contributed by atoms with Crippen molar-refractivity contribution < 1.29 is 14.6 Å². The lowest BCUT2D eigenvalue weighted by molar-refractivity contribution is -0.133. The van der Waals surface area contributed by atoms with Gasteiger partial charge in [-0.3, -0.25) is 4.79 Å². The molecule has 1 atom stereocenters. The van der Waals surface area contributed by atoms with Crippen LogP contribution in [0, 0.1) is 5.92 Å². The minimum absolute atomic E-state index is 0.00177. The monoisotopic (exact) mass is 326 g/mol. The van der Waals surface area contributed by atoms with Crippen molar-refractivity contribution in [3.63, 3.8) is 0 Å². The Morgan fingerprint density at radius 3 is 3.14 bits per heavy atom. The molecule has 112 valence electrons. The highest BCUT2D eigenvalue weighted by Crippen LogP contribution is 2.28. The fourth-order valence-electron chi connectivity index (χ4n) is 2.47. The number of aliphatic carboxylic acids is 1. The summed E-state index contributed by atoms with van der Waals surface area (Å²) in [5.41, 5.74) is 1.79. The average Bonchev–Trinajstić information content (AvgIpc) is 3.06. The number of carbonyl (C=O) groups is 1. The van der Waals surface area contributed by atoms with E-state index in [9.17, 15) is 4.79 Å². The maximum Gasteiger partial charge on any atom is 0.313 e. The summed E-state index contributed by atoms with van der Waals surface area (Å²) in [5, 5.41) is 10.2. The van der Waals surface area contributed by atoms with Gasteiger partial charge in [-0.25, -0.2) is 4.98 Å². The molecule has 1 aliphatic heterocycles. The number of hydrogen-bond donors (Lipinski definition) is 1. The fraction of sp³-hybridized carbons (Fsp3) is 0.429. The third-order valence-corrected chi connectivity index (χ3v) is 4.66. The van der Waals surface area contributed by atoms with Crippen molar-refractivity contribution in [2.75, 3.05) is 19.0 Å². The standard InChI is InChI=1S/C14H15ClN2O3S/c15-10-1-2-11-12(5-10)17(6-9-3-4-20-7-9)14(16-11)21-8-13(18)19/h1-2,5,9H,3-4,6-8H2,(H,18,19).